The van der Waals surface area contributed by atoms with Crippen molar-refractivity contribution in [3.63, 3.8) is 0 Å². The Labute approximate surface area is 130 Å². The molecule has 0 radical (unpaired) electrons. The monoisotopic (exact) mass is 347 g/mol. The van der Waals surface area contributed by atoms with Crippen LogP contribution < -0.4 is 5.73 Å². The maximum atomic E-state index is 13.6. The molecule has 1 aromatic heterocycles. The molecule has 0 unspecified atom stereocenters. The molecule has 0 aliphatic heterocycles. The van der Waals surface area contributed by atoms with Crippen LogP contribution in [-0.4, -0.2) is 9.55 Å². The Balaban J connectivity index is 2.33. The standard InChI is InChI=1S/C16H15BrFN3/c1-2-3-16-20-13-9-11(19)5-7-14(13)21(16)15-8-10(18)4-6-12(15)17/h4-9H,2-3,19H2,1H3. The van der Waals surface area contributed by atoms with Gasteiger partial charge in [0.2, 0.25) is 0 Å². The molecule has 3 rings (SSSR count). The number of nitrogens with zero attached hydrogens (tertiary/aromatic N) is 2. The second-order valence-corrected chi connectivity index (χ2v) is 5.81. The van der Waals surface area contributed by atoms with E-state index in [-0.39, 0.29) is 5.82 Å². The Kier molecular flexibility index (Phi) is 3.68. The first kappa shape index (κ1) is 14.1. The molecule has 0 spiro atoms. The molecule has 0 amide bonds. The molecule has 2 N–H and O–H groups in total. The van der Waals surface area contributed by atoms with Crippen LogP contribution in [0.3, 0.4) is 0 Å². The van der Waals surface area contributed by atoms with Crippen molar-refractivity contribution in [1.29, 1.82) is 0 Å². The maximum Gasteiger partial charge on any atom is 0.125 e. The minimum Gasteiger partial charge on any atom is -0.399 e. The lowest BCUT2D eigenvalue weighted by atomic mass is 10.2. The van der Waals surface area contributed by atoms with Crippen LogP contribution in [-0.2, 0) is 6.42 Å². The van der Waals surface area contributed by atoms with Crippen molar-refractivity contribution < 1.29 is 4.39 Å². The van der Waals surface area contributed by atoms with E-state index in [2.05, 4.69) is 27.8 Å². The predicted octanol–water partition coefficient (Wildman–Crippen LogP) is 4.46. The number of aryl methyl sites for hydroxylation is 1. The predicted molar refractivity (Wildman–Crippen MR) is 87.1 cm³/mol. The van der Waals surface area contributed by atoms with Gasteiger partial charge in [-0.05, 0) is 58.7 Å². The largest absolute Gasteiger partial charge is 0.399 e. The molecule has 108 valence electrons. The molecule has 5 heteroatoms. The van der Waals surface area contributed by atoms with Gasteiger partial charge in [0, 0.05) is 16.6 Å². The van der Waals surface area contributed by atoms with Crippen molar-refractivity contribution in [3.05, 3.63) is 52.5 Å². The third-order valence-electron chi connectivity index (χ3n) is 3.37. The van der Waals surface area contributed by atoms with Gasteiger partial charge in [-0.1, -0.05) is 6.92 Å². The Bertz CT molecular complexity index is 811. The van der Waals surface area contributed by atoms with E-state index in [0.29, 0.717) is 5.69 Å². The van der Waals surface area contributed by atoms with Crippen LogP contribution in [0.1, 0.15) is 19.2 Å². The molecule has 3 aromatic rings. The minimum absolute atomic E-state index is 0.270. The van der Waals surface area contributed by atoms with Gasteiger partial charge in [0.15, 0.2) is 0 Å². The maximum absolute atomic E-state index is 13.6. The average Bonchev–Trinajstić information content (AvgIpc) is 2.79. The van der Waals surface area contributed by atoms with E-state index in [4.69, 9.17) is 5.73 Å². The summed E-state index contributed by atoms with van der Waals surface area (Å²) in [7, 11) is 0. The molecule has 0 aliphatic rings. The van der Waals surface area contributed by atoms with Crippen molar-refractivity contribution in [2.45, 2.75) is 19.8 Å². The molecular formula is C16H15BrFN3. The van der Waals surface area contributed by atoms with E-state index >= 15 is 0 Å². The fourth-order valence-corrected chi connectivity index (χ4v) is 2.89. The van der Waals surface area contributed by atoms with Crippen LogP contribution in [0.15, 0.2) is 40.9 Å². The van der Waals surface area contributed by atoms with Gasteiger partial charge >= 0.3 is 0 Å². The number of hydrogen-bond acceptors (Lipinski definition) is 2. The Morgan fingerprint density at radius 2 is 2.05 bits per heavy atom. The van der Waals surface area contributed by atoms with Crippen LogP contribution in [0.4, 0.5) is 10.1 Å². The third kappa shape index (κ3) is 2.53. The first-order valence-electron chi connectivity index (χ1n) is 6.82. The highest BCUT2D eigenvalue weighted by Gasteiger charge is 2.14. The Morgan fingerprint density at radius 3 is 2.81 bits per heavy atom. The number of anilines is 1. The number of fused-ring (bicyclic) bond motifs is 1. The number of aromatic nitrogens is 2. The number of rotatable bonds is 3. The van der Waals surface area contributed by atoms with Crippen molar-refractivity contribution in [2.24, 2.45) is 0 Å². The normalized spacial score (nSPS) is 11.2. The summed E-state index contributed by atoms with van der Waals surface area (Å²) in [6, 6.07) is 10.3. The molecule has 2 aromatic carbocycles. The van der Waals surface area contributed by atoms with Crippen molar-refractivity contribution >= 4 is 32.7 Å². The van der Waals surface area contributed by atoms with Crippen LogP contribution in [0.25, 0.3) is 16.7 Å². The molecule has 0 fully saturated rings. The highest BCUT2D eigenvalue weighted by molar-refractivity contribution is 9.10. The fourth-order valence-electron chi connectivity index (χ4n) is 2.46. The number of halogens is 2. The highest BCUT2D eigenvalue weighted by atomic mass is 79.9. The lowest BCUT2D eigenvalue weighted by Gasteiger charge is -2.11. The minimum atomic E-state index is -0.270. The molecular weight excluding hydrogens is 333 g/mol. The van der Waals surface area contributed by atoms with E-state index in [1.165, 1.54) is 12.1 Å². The molecule has 0 saturated heterocycles. The van der Waals surface area contributed by atoms with E-state index in [0.717, 1.165) is 39.9 Å². The summed E-state index contributed by atoms with van der Waals surface area (Å²) in [5.74, 6) is 0.636. The lowest BCUT2D eigenvalue weighted by molar-refractivity contribution is 0.626. The summed E-state index contributed by atoms with van der Waals surface area (Å²) in [5.41, 5.74) is 9.02. The number of imidazole rings is 1. The third-order valence-corrected chi connectivity index (χ3v) is 4.04. The lowest BCUT2D eigenvalue weighted by Crippen LogP contribution is -2.02. The van der Waals surface area contributed by atoms with Gasteiger partial charge in [0.05, 0.1) is 16.7 Å². The zero-order valence-electron chi connectivity index (χ0n) is 11.6. The molecule has 0 atom stereocenters. The average molecular weight is 348 g/mol. The molecule has 0 bridgehead atoms. The van der Waals surface area contributed by atoms with Gasteiger partial charge in [0.1, 0.15) is 11.6 Å². The summed E-state index contributed by atoms with van der Waals surface area (Å²) in [6.45, 7) is 2.10. The molecule has 3 nitrogen and oxygen atoms in total. The zero-order valence-corrected chi connectivity index (χ0v) is 13.2. The van der Waals surface area contributed by atoms with Gasteiger partial charge < -0.3 is 5.73 Å². The first-order valence-corrected chi connectivity index (χ1v) is 7.61. The van der Waals surface area contributed by atoms with Gasteiger partial charge in [-0.25, -0.2) is 9.37 Å². The molecule has 1 heterocycles. The van der Waals surface area contributed by atoms with E-state index in [1.54, 1.807) is 6.07 Å². The fraction of sp³-hybridized carbons (Fsp3) is 0.188. The Morgan fingerprint density at radius 1 is 1.24 bits per heavy atom. The van der Waals surface area contributed by atoms with E-state index in [1.807, 2.05) is 22.8 Å². The molecule has 0 saturated carbocycles. The number of nitrogen functional groups attached to an aromatic ring is 1. The van der Waals surface area contributed by atoms with Crippen LogP contribution in [0.2, 0.25) is 0 Å². The zero-order chi connectivity index (χ0) is 15.0. The summed E-state index contributed by atoms with van der Waals surface area (Å²) in [6.07, 6.45) is 1.78. The number of hydrogen-bond donors (Lipinski definition) is 1. The quantitative estimate of drug-likeness (QED) is 0.710. The number of nitrogens with two attached hydrogens (primary N) is 1. The second-order valence-electron chi connectivity index (χ2n) is 4.96. The smallest absolute Gasteiger partial charge is 0.125 e. The van der Waals surface area contributed by atoms with Crippen molar-refractivity contribution in [3.8, 4) is 5.69 Å². The second kappa shape index (κ2) is 5.48. The SMILES string of the molecule is CCCc1nc2cc(N)ccc2n1-c1cc(F)ccc1Br. The molecule has 0 aliphatic carbocycles. The van der Waals surface area contributed by atoms with Crippen LogP contribution in [0.5, 0.6) is 0 Å². The van der Waals surface area contributed by atoms with Crippen molar-refractivity contribution in [1.82, 2.24) is 9.55 Å². The summed E-state index contributed by atoms with van der Waals surface area (Å²) >= 11 is 3.50. The highest BCUT2D eigenvalue weighted by Crippen LogP contribution is 2.29. The summed E-state index contributed by atoms with van der Waals surface area (Å²) < 4.78 is 16.5. The van der Waals surface area contributed by atoms with Gasteiger partial charge in [0.25, 0.3) is 0 Å². The summed E-state index contributed by atoms with van der Waals surface area (Å²) in [5, 5.41) is 0. The van der Waals surface area contributed by atoms with Crippen LogP contribution >= 0.6 is 15.9 Å². The summed E-state index contributed by atoms with van der Waals surface area (Å²) in [4.78, 5) is 4.65. The topological polar surface area (TPSA) is 43.8 Å². The van der Waals surface area contributed by atoms with Gasteiger partial charge in [-0.2, -0.15) is 0 Å². The van der Waals surface area contributed by atoms with E-state index < -0.39 is 0 Å². The first-order chi connectivity index (χ1) is 10.1. The number of benzene rings is 2. The van der Waals surface area contributed by atoms with E-state index in [9.17, 15) is 4.39 Å². The Hall–Kier alpha value is -1.88. The van der Waals surface area contributed by atoms with Gasteiger partial charge in [-0.3, -0.25) is 4.57 Å². The van der Waals surface area contributed by atoms with Gasteiger partial charge in [-0.15, -0.1) is 0 Å². The van der Waals surface area contributed by atoms with Crippen molar-refractivity contribution in [2.75, 3.05) is 5.73 Å². The molecule has 21 heavy (non-hydrogen) atoms. The van der Waals surface area contributed by atoms with Crippen LogP contribution in [0, 0.1) is 5.82 Å².